The molecule has 1 unspecified atom stereocenters. The second kappa shape index (κ2) is 5.90. The zero-order valence-corrected chi connectivity index (χ0v) is 12.0. The molecule has 1 aromatic rings. The molecule has 0 spiro atoms. The third-order valence-corrected chi connectivity index (χ3v) is 5.32. The number of carbonyl (C=O) groups excluding carboxylic acids is 1. The Morgan fingerprint density at radius 2 is 2.05 bits per heavy atom. The van der Waals surface area contributed by atoms with Crippen LogP contribution in [-0.4, -0.2) is 31.2 Å². The molecule has 1 saturated heterocycles. The molecular weight excluding hydrogens is 278 g/mol. The minimum atomic E-state index is -3.54. The fourth-order valence-electron chi connectivity index (χ4n) is 2.50. The molecule has 1 aliphatic rings. The third kappa shape index (κ3) is 3.17. The van der Waals surface area contributed by atoms with E-state index in [1.807, 2.05) is 6.07 Å². The van der Waals surface area contributed by atoms with Crippen molar-refractivity contribution in [3.63, 3.8) is 0 Å². The average Bonchev–Trinajstić information content (AvgIpc) is 2.88. The topological polar surface area (TPSA) is 106 Å². The van der Waals surface area contributed by atoms with Crippen molar-refractivity contribution >= 4 is 15.9 Å². The Balaban J connectivity index is 2.20. The lowest BCUT2D eigenvalue weighted by molar-refractivity contribution is -0.121. The van der Waals surface area contributed by atoms with Gasteiger partial charge in [0.15, 0.2) is 0 Å². The first-order valence-corrected chi connectivity index (χ1v) is 8.11. The normalized spacial score (nSPS) is 20.1. The quantitative estimate of drug-likeness (QED) is 0.793. The molecule has 0 aromatic heterocycles. The summed E-state index contributed by atoms with van der Waals surface area (Å²) in [6, 6.07) is 6.43. The third-order valence-electron chi connectivity index (χ3n) is 3.47. The largest absolute Gasteiger partial charge is 0.368 e. The summed E-state index contributed by atoms with van der Waals surface area (Å²) in [7, 11) is -3.54. The van der Waals surface area contributed by atoms with Gasteiger partial charge in [0.1, 0.15) is 6.04 Å². The smallest absolute Gasteiger partial charge is 0.235 e. The Morgan fingerprint density at radius 3 is 2.70 bits per heavy atom. The van der Waals surface area contributed by atoms with Crippen LogP contribution >= 0.6 is 0 Å². The lowest BCUT2D eigenvalue weighted by atomic mass is 10.1. The molecule has 20 heavy (non-hydrogen) atoms. The van der Waals surface area contributed by atoms with Gasteiger partial charge >= 0.3 is 0 Å². The average molecular weight is 297 g/mol. The van der Waals surface area contributed by atoms with E-state index in [1.54, 1.807) is 18.2 Å². The highest BCUT2D eigenvalue weighted by molar-refractivity contribution is 7.88. The van der Waals surface area contributed by atoms with Crippen LogP contribution in [-0.2, 0) is 27.1 Å². The van der Waals surface area contributed by atoms with Crippen LogP contribution in [0.4, 0.5) is 0 Å². The Hall–Kier alpha value is -1.44. The number of nitrogens with two attached hydrogens (primary N) is 2. The predicted molar refractivity (Wildman–Crippen MR) is 75.9 cm³/mol. The van der Waals surface area contributed by atoms with E-state index >= 15 is 0 Å². The zero-order chi connectivity index (χ0) is 14.8. The number of hydrogen-bond donors (Lipinski definition) is 2. The second-order valence-electron chi connectivity index (χ2n) is 4.95. The monoisotopic (exact) mass is 297 g/mol. The number of sulfonamides is 1. The summed E-state index contributed by atoms with van der Waals surface area (Å²) in [6.45, 7) is 0.716. The molecule has 2 rings (SSSR count). The second-order valence-corrected chi connectivity index (χ2v) is 6.87. The van der Waals surface area contributed by atoms with Gasteiger partial charge in [-0.3, -0.25) is 4.79 Å². The number of benzene rings is 1. The van der Waals surface area contributed by atoms with Crippen LogP contribution in [0, 0.1) is 0 Å². The van der Waals surface area contributed by atoms with Gasteiger partial charge in [-0.05, 0) is 24.0 Å². The number of primary amides is 1. The van der Waals surface area contributed by atoms with Crippen LogP contribution in [0.2, 0.25) is 0 Å². The number of rotatable bonds is 5. The van der Waals surface area contributed by atoms with Gasteiger partial charge in [-0.15, -0.1) is 0 Å². The standard InChI is InChI=1S/C13H19N3O3S/c14-8-10-3-1-4-11(7-10)9-20(18,19)16-6-2-5-12(16)13(15)17/h1,3-4,7,12H,2,5-6,8-9,14H2,(H2,15,17). The lowest BCUT2D eigenvalue weighted by Gasteiger charge is -2.21. The van der Waals surface area contributed by atoms with Crippen molar-refractivity contribution in [2.45, 2.75) is 31.2 Å². The first-order chi connectivity index (χ1) is 9.44. The molecule has 7 heteroatoms. The van der Waals surface area contributed by atoms with Gasteiger partial charge < -0.3 is 11.5 Å². The molecule has 1 atom stereocenters. The summed E-state index contributed by atoms with van der Waals surface area (Å²) in [5.41, 5.74) is 12.4. The maximum absolute atomic E-state index is 12.4. The summed E-state index contributed by atoms with van der Waals surface area (Å²) in [6.07, 6.45) is 1.16. The SMILES string of the molecule is NCc1cccc(CS(=O)(=O)N2CCCC2C(N)=O)c1. The Labute approximate surface area is 118 Å². The predicted octanol–water partition coefficient (Wildman–Crippen LogP) is -0.0752. The van der Waals surface area contributed by atoms with Gasteiger partial charge in [0.05, 0.1) is 5.75 Å². The van der Waals surface area contributed by atoms with E-state index in [0.29, 0.717) is 31.5 Å². The minimum absolute atomic E-state index is 0.134. The fraction of sp³-hybridized carbons (Fsp3) is 0.462. The molecule has 0 aliphatic carbocycles. The van der Waals surface area contributed by atoms with Crippen molar-refractivity contribution in [2.75, 3.05) is 6.54 Å². The minimum Gasteiger partial charge on any atom is -0.368 e. The van der Waals surface area contributed by atoms with Crippen molar-refractivity contribution < 1.29 is 13.2 Å². The van der Waals surface area contributed by atoms with Crippen LogP contribution in [0.5, 0.6) is 0 Å². The molecule has 1 fully saturated rings. The summed E-state index contributed by atoms with van der Waals surface area (Å²) in [5, 5.41) is 0. The molecule has 0 radical (unpaired) electrons. The summed E-state index contributed by atoms with van der Waals surface area (Å²) in [4.78, 5) is 11.3. The molecular formula is C13H19N3O3S. The maximum atomic E-state index is 12.4. The Kier molecular flexibility index (Phi) is 4.42. The molecule has 1 aliphatic heterocycles. The van der Waals surface area contributed by atoms with Gasteiger partial charge in [0.25, 0.3) is 0 Å². The Bertz CT molecular complexity index is 601. The first kappa shape index (κ1) is 15.0. The molecule has 110 valence electrons. The molecule has 0 bridgehead atoms. The van der Waals surface area contributed by atoms with Crippen LogP contribution in [0.1, 0.15) is 24.0 Å². The highest BCUT2D eigenvalue weighted by Gasteiger charge is 2.37. The van der Waals surface area contributed by atoms with E-state index in [0.717, 1.165) is 5.56 Å². The summed E-state index contributed by atoms with van der Waals surface area (Å²) in [5.74, 6) is -0.716. The van der Waals surface area contributed by atoms with E-state index in [-0.39, 0.29) is 5.75 Å². The van der Waals surface area contributed by atoms with E-state index in [1.165, 1.54) is 4.31 Å². The molecule has 4 N–H and O–H groups in total. The lowest BCUT2D eigenvalue weighted by Crippen LogP contribution is -2.44. The molecule has 6 nitrogen and oxygen atoms in total. The Morgan fingerprint density at radius 1 is 1.35 bits per heavy atom. The maximum Gasteiger partial charge on any atom is 0.235 e. The van der Waals surface area contributed by atoms with Crippen LogP contribution in [0.15, 0.2) is 24.3 Å². The molecule has 1 amide bonds. The van der Waals surface area contributed by atoms with Gasteiger partial charge in [-0.2, -0.15) is 4.31 Å². The van der Waals surface area contributed by atoms with Gasteiger partial charge in [-0.25, -0.2) is 8.42 Å². The highest BCUT2D eigenvalue weighted by atomic mass is 32.2. The highest BCUT2D eigenvalue weighted by Crippen LogP contribution is 2.23. The van der Waals surface area contributed by atoms with Crippen LogP contribution in [0.25, 0.3) is 0 Å². The van der Waals surface area contributed by atoms with E-state index in [4.69, 9.17) is 11.5 Å². The molecule has 0 saturated carbocycles. The summed E-state index contributed by atoms with van der Waals surface area (Å²) >= 11 is 0. The van der Waals surface area contributed by atoms with Crippen molar-refractivity contribution in [1.29, 1.82) is 0 Å². The van der Waals surface area contributed by atoms with Crippen molar-refractivity contribution in [3.8, 4) is 0 Å². The van der Waals surface area contributed by atoms with E-state index in [9.17, 15) is 13.2 Å². The van der Waals surface area contributed by atoms with Gasteiger partial charge in [0, 0.05) is 13.1 Å². The fourth-order valence-corrected chi connectivity index (χ4v) is 4.27. The number of carbonyl (C=O) groups is 1. The van der Waals surface area contributed by atoms with Crippen LogP contribution in [0.3, 0.4) is 0 Å². The number of nitrogens with zero attached hydrogens (tertiary/aromatic N) is 1. The number of amides is 1. The van der Waals surface area contributed by atoms with Gasteiger partial charge in [-0.1, -0.05) is 24.3 Å². The van der Waals surface area contributed by atoms with E-state index in [2.05, 4.69) is 0 Å². The first-order valence-electron chi connectivity index (χ1n) is 6.51. The van der Waals surface area contributed by atoms with Gasteiger partial charge in [0.2, 0.25) is 15.9 Å². The molecule has 1 aromatic carbocycles. The van der Waals surface area contributed by atoms with E-state index < -0.39 is 22.0 Å². The van der Waals surface area contributed by atoms with Crippen molar-refractivity contribution in [1.82, 2.24) is 4.31 Å². The zero-order valence-electron chi connectivity index (χ0n) is 11.2. The van der Waals surface area contributed by atoms with Crippen molar-refractivity contribution in [2.24, 2.45) is 11.5 Å². The summed E-state index contributed by atoms with van der Waals surface area (Å²) < 4.78 is 26.0. The van der Waals surface area contributed by atoms with Crippen LogP contribution < -0.4 is 11.5 Å². The van der Waals surface area contributed by atoms with Crippen molar-refractivity contribution in [3.05, 3.63) is 35.4 Å². The number of hydrogen-bond acceptors (Lipinski definition) is 4. The molecule has 1 heterocycles.